The molecule has 0 heterocycles. The van der Waals surface area contributed by atoms with Gasteiger partial charge in [0.15, 0.2) is 0 Å². The summed E-state index contributed by atoms with van der Waals surface area (Å²) >= 11 is 9.63. The zero-order valence-corrected chi connectivity index (χ0v) is 12.2. The molecule has 0 N–H and O–H groups in total. The highest BCUT2D eigenvalue weighted by molar-refractivity contribution is 9.09. The van der Waals surface area contributed by atoms with Crippen molar-refractivity contribution in [3.05, 3.63) is 38.9 Å². The molecule has 0 amide bonds. The van der Waals surface area contributed by atoms with Gasteiger partial charge in [0.05, 0.1) is 9.95 Å². The van der Waals surface area contributed by atoms with Crippen molar-refractivity contribution in [2.24, 2.45) is 5.92 Å². The summed E-state index contributed by atoms with van der Waals surface area (Å²) < 4.78 is 0. The molecule has 1 aromatic carbocycles. The lowest BCUT2D eigenvalue weighted by molar-refractivity contribution is -0.384. The zero-order chi connectivity index (χ0) is 13.0. The minimum absolute atomic E-state index is 0.0405. The van der Waals surface area contributed by atoms with E-state index < -0.39 is 4.92 Å². The van der Waals surface area contributed by atoms with Crippen molar-refractivity contribution in [3.63, 3.8) is 0 Å². The molecule has 94 valence electrons. The Kier molecular flexibility index (Phi) is 5.40. The fraction of sp³-hybridized carbons (Fsp3) is 0.500. The second kappa shape index (κ2) is 6.36. The summed E-state index contributed by atoms with van der Waals surface area (Å²) in [6, 6.07) is 4.67. The second-order valence-corrected chi connectivity index (χ2v) is 5.93. The van der Waals surface area contributed by atoms with E-state index in [9.17, 15) is 10.1 Å². The first kappa shape index (κ1) is 14.5. The van der Waals surface area contributed by atoms with Gasteiger partial charge in [0.2, 0.25) is 0 Å². The summed E-state index contributed by atoms with van der Waals surface area (Å²) in [6.45, 7) is 4.23. The molecule has 0 bridgehead atoms. The highest BCUT2D eigenvalue weighted by Gasteiger charge is 2.16. The summed E-state index contributed by atoms with van der Waals surface area (Å²) in [7, 11) is 0. The number of rotatable bonds is 5. The SMILES string of the molecule is CCC(Cc1ccc([N+](=O)[O-])cc1Cl)C(C)Br. The van der Waals surface area contributed by atoms with Gasteiger partial charge < -0.3 is 0 Å². The molecule has 0 radical (unpaired) electrons. The number of non-ortho nitro benzene ring substituents is 1. The van der Waals surface area contributed by atoms with E-state index in [0.717, 1.165) is 18.4 Å². The smallest absolute Gasteiger partial charge is 0.258 e. The number of halogens is 2. The maximum atomic E-state index is 10.6. The Hall–Kier alpha value is -0.610. The van der Waals surface area contributed by atoms with Crippen LogP contribution in [0.2, 0.25) is 5.02 Å². The number of benzene rings is 1. The molecule has 1 rings (SSSR count). The van der Waals surface area contributed by atoms with Crippen LogP contribution >= 0.6 is 27.5 Å². The first-order chi connectivity index (χ1) is 7.95. The largest absolute Gasteiger partial charge is 0.270 e. The van der Waals surface area contributed by atoms with Crippen molar-refractivity contribution in [2.45, 2.75) is 31.5 Å². The Bertz CT molecular complexity index is 409. The third kappa shape index (κ3) is 3.96. The molecule has 0 aromatic heterocycles. The quantitative estimate of drug-likeness (QED) is 0.452. The molecule has 17 heavy (non-hydrogen) atoms. The van der Waals surface area contributed by atoms with Gasteiger partial charge in [-0.3, -0.25) is 10.1 Å². The number of nitro groups is 1. The Balaban J connectivity index is 2.89. The Morgan fingerprint density at radius 2 is 2.18 bits per heavy atom. The van der Waals surface area contributed by atoms with Crippen LogP contribution in [0.4, 0.5) is 5.69 Å². The highest BCUT2D eigenvalue weighted by Crippen LogP contribution is 2.28. The normalized spacial score (nSPS) is 14.4. The predicted molar refractivity (Wildman–Crippen MR) is 74.0 cm³/mol. The predicted octanol–water partition coefficient (Wildman–Crippen LogP) is 4.60. The maximum Gasteiger partial charge on any atom is 0.270 e. The molecule has 0 saturated heterocycles. The van der Waals surface area contributed by atoms with Crippen LogP contribution in [0.1, 0.15) is 25.8 Å². The Morgan fingerprint density at radius 1 is 1.53 bits per heavy atom. The van der Waals surface area contributed by atoms with E-state index in [2.05, 4.69) is 29.8 Å². The number of nitrogens with zero attached hydrogens (tertiary/aromatic N) is 1. The zero-order valence-electron chi connectivity index (χ0n) is 9.82. The van der Waals surface area contributed by atoms with Crippen molar-refractivity contribution < 1.29 is 4.92 Å². The molecule has 2 unspecified atom stereocenters. The molecule has 0 fully saturated rings. The van der Waals surface area contributed by atoms with Crippen LogP contribution in [0.5, 0.6) is 0 Å². The van der Waals surface area contributed by atoms with Crippen LogP contribution < -0.4 is 0 Å². The van der Waals surface area contributed by atoms with E-state index in [0.29, 0.717) is 15.8 Å². The molecular formula is C12H15BrClNO2. The van der Waals surface area contributed by atoms with Gasteiger partial charge in [-0.2, -0.15) is 0 Å². The molecule has 3 nitrogen and oxygen atoms in total. The van der Waals surface area contributed by atoms with Crippen molar-refractivity contribution >= 4 is 33.2 Å². The molecular weight excluding hydrogens is 305 g/mol. The Labute approximate surface area is 114 Å². The van der Waals surface area contributed by atoms with Crippen LogP contribution in [0, 0.1) is 16.0 Å². The van der Waals surface area contributed by atoms with Gasteiger partial charge in [0, 0.05) is 17.0 Å². The van der Waals surface area contributed by atoms with E-state index >= 15 is 0 Å². The van der Waals surface area contributed by atoms with Crippen LogP contribution in [-0.4, -0.2) is 9.75 Å². The third-order valence-electron chi connectivity index (χ3n) is 2.90. The lowest BCUT2D eigenvalue weighted by Gasteiger charge is -2.18. The van der Waals surface area contributed by atoms with Gasteiger partial charge in [-0.05, 0) is 17.9 Å². The summed E-state index contributed by atoms with van der Waals surface area (Å²) in [5.74, 6) is 0.481. The van der Waals surface area contributed by atoms with Gasteiger partial charge in [-0.15, -0.1) is 0 Å². The molecule has 1 aromatic rings. The Morgan fingerprint density at radius 3 is 2.59 bits per heavy atom. The molecule has 0 spiro atoms. The molecule has 0 aliphatic carbocycles. The van der Waals surface area contributed by atoms with Gasteiger partial charge >= 0.3 is 0 Å². The van der Waals surface area contributed by atoms with Crippen molar-refractivity contribution in [3.8, 4) is 0 Å². The summed E-state index contributed by atoms with van der Waals surface area (Å²) in [5.41, 5.74) is 1.01. The molecule has 2 atom stereocenters. The topological polar surface area (TPSA) is 43.1 Å². The van der Waals surface area contributed by atoms with Crippen LogP contribution in [-0.2, 0) is 6.42 Å². The van der Waals surface area contributed by atoms with Gasteiger partial charge in [-0.25, -0.2) is 0 Å². The molecule has 5 heteroatoms. The fourth-order valence-electron chi connectivity index (χ4n) is 1.73. The highest BCUT2D eigenvalue weighted by atomic mass is 79.9. The maximum absolute atomic E-state index is 10.6. The van der Waals surface area contributed by atoms with Crippen molar-refractivity contribution in [2.75, 3.05) is 0 Å². The van der Waals surface area contributed by atoms with Gasteiger partial charge in [-0.1, -0.05) is 53.9 Å². The van der Waals surface area contributed by atoms with E-state index in [-0.39, 0.29) is 5.69 Å². The number of hydrogen-bond donors (Lipinski definition) is 0. The monoisotopic (exact) mass is 319 g/mol. The van der Waals surface area contributed by atoms with E-state index in [1.54, 1.807) is 6.07 Å². The minimum Gasteiger partial charge on any atom is -0.258 e. The van der Waals surface area contributed by atoms with E-state index in [1.807, 2.05) is 0 Å². The molecule has 0 saturated carbocycles. The molecule has 0 aliphatic heterocycles. The molecule has 0 aliphatic rings. The minimum atomic E-state index is -0.430. The number of nitro benzene ring substituents is 1. The second-order valence-electron chi connectivity index (χ2n) is 4.08. The van der Waals surface area contributed by atoms with Crippen LogP contribution in [0.3, 0.4) is 0 Å². The van der Waals surface area contributed by atoms with Crippen LogP contribution in [0.25, 0.3) is 0 Å². The summed E-state index contributed by atoms with van der Waals surface area (Å²) in [6.07, 6.45) is 1.87. The van der Waals surface area contributed by atoms with Crippen molar-refractivity contribution in [1.29, 1.82) is 0 Å². The van der Waals surface area contributed by atoms with E-state index in [1.165, 1.54) is 12.1 Å². The first-order valence-corrected chi connectivity index (χ1v) is 6.82. The third-order valence-corrected chi connectivity index (χ3v) is 4.00. The number of alkyl halides is 1. The van der Waals surface area contributed by atoms with Crippen LogP contribution in [0.15, 0.2) is 18.2 Å². The average molecular weight is 321 g/mol. The van der Waals surface area contributed by atoms with E-state index in [4.69, 9.17) is 11.6 Å². The number of hydrogen-bond acceptors (Lipinski definition) is 2. The lowest BCUT2D eigenvalue weighted by atomic mass is 9.94. The fourth-order valence-corrected chi connectivity index (χ4v) is 2.54. The first-order valence-electron chi connectivity index (χ1n) is 5.52. The summed E-state index contributed by atoms with van der Waals surface area (Å²) in [4.78, 5) is 10.6. The van der Waals surface area contributed by atoms with Crippen molar-refractivity contribution in [1.82, 2.24) is 0 Å². The standard InChI is InChI=1S/C12H15BrClNO2/c1-3-9(8(2)13)6-10-4-5-11(15(16)17)7-12(10)14/h4-5,7-9H,3,6H2,1-2H3. The average Bonchev–Trinajstić information content (AvgIpc) is 2.26. The lowest BCUT2D eigenvalue weighted by Crippen LogP contribution is -2.13. The van der Waals surface area contributed by atoms with Gasteiger partial charge in [0.1, 0.15) is 0 Å². The van der Waals surface area contributed by atoms with Gasteiger partial charge in [0.25, 0.3) is 5.69 Å². The summed E-state index contributed by atoms with van der Waals surface area (Å²) in [5, 5.41) is 11.1.